The van der Waals surface area contributed by atoms with Crippen LogP contribution in [0.5, 0.6) is 0 Å². The highest BCUT2D eigenvalue weighted by Gasteiger charge is 2.56. The van der Waals surface area contributed by atoms with Crippen LogP contribution in [-0.4, -0.2) is 133 Å². The van der Waals surface area contributed by atoms with Gasteiger partial charge in [-0.3, -0.25) is 14.4 Å². The minimum absolute atomic E-state index is 0.000659. The number of allylic oxidation sites excluding steroid dienone is 4. The summed E-state index contributed by atoms with van der Waals surface area (Å²) in [5, 5.41) is 23.8. The van der Waals surface area contributed by atoms with Gasteiger partial charge in [0, 0.05) is 58.5 Å². The topological polar surface area (TPSA) is 167 Å². The number of carbonyl (C=O) groups excluding carboxylic acids is 4. The van der Waals surface area contributed by atoms with Gasteiger partial charge >= 0.3 is 5.97 Å². The Morgan fingerprint density at radius 1 is 0.967 bits per heavy atom. The number of fused-ring (bicyclic) bond motifs is 3. The molecule has 1 aliphatic carbocycles. The maximum atomic E-state index is 14.4. The normalized spacial score (nSPS) is 39.5. The van der Waals surface area contributed by atoms with Crippen molar-refractivity contribution in [1.29, 1.82) is 0 Å². The predicted octanol–water partition coefficient (Wildman–Crippen LogP) is 5.79. The fraction of sp³-hybridized carbons (Fsp3) is 0.783. The molecule has 3 heterocycles. The molecule has 0 aromatic rings. The van der Waals surface area contributed by atoms with Crippen molar-refractivity contribution in [1.82, 2.24) is 4.90 Å². The predicted molar refractivity (Wildman–Crippen MR) is 229 cm³/mol. The molecule has 13 nitrogen and oxygen atoms in total. The van der Waals surface area contributed by atoms with Gasteiger partial charge in [0.25, 0.3) is 11.7 Å². The maximum absolute atomic E-state index is 14.4. The molecule has 0 radical (unpaired) electrons. The summed E-state index contributed by atoms with van der Waals surface area (Å²) in [5.41, 5.74) is 1.63. The van der Waals surface area contributed by atoms with Crippen LogP contribution in [0.2, 0.25) is 0 Å². The molecule has 3 fully saturated rings. The Morgan fingerprint density at radius 3 is 2.30 bits per heavy atom. The fourth-order valence-corrected chi connectivity index (χ4v) is 10.0. The molecule has 0 spiro atoms. The summed E-state index contributed by atoms with van der Waals surface area (Å²) < 4.78 is 36.2. The third-order valence-corrected chi connectivity index (χ3v) is 13.6. The highest BCUT2D eigenvalue weighted by atomic mass is 32.2. The Labute approximate surface area is 362 Å². The first kappa shape index (κ1) is 50.1. The third kappa shape index (κ3) is 12.3. The highest BCUT2D eigenvalue weighted by molar-refractivity contribution is 7.98. The molecular formula is C46H72NO12S+. The van der Waals surface area contributed by atoms with Crippen molar-refractivity contribution in [2.45, 2.75) is 160 Å². The number of piperidine rings is 1. The molecule has 4 rings (SSSR count). The first-order valence-electron chi connectivity index (χ1n) is 21.8. The fourth-order valence-electron chi connectivity index (χ4n) is 9.72. The van der Waals surface area contributed by atoms with E-state index in [0.717, 1.165) is 18.4 Å². The summed E-state index contributed by atoms with van der Waals surface area (Å²) in [5.74, 6) is -7.18. The molecule has 338 valence electrons. The van der Waals surface area contributed by atoms with Gasteiger partial charge in [-0.1, -0.05) is 38.5 Å². The molecule has 4 aliphatic rings. The largest absolute Gasteiger partial charge is 0.456 e. The lowest BCUT2D eigenvalue weighted by atomic mass is 9.81. The van der Waals surface area contributed by atoms with E-state index in [9.17, 15) is 29.4 Å². The number of esters is 1. The summed E-state index contributed by atoms with van der Waals surface area (Å²) in [6.45, 7) is 15.2. The van der Waals surface area contributed by atoms with E-state index in [1.54, 1.807) is 32.7 Å². The Balaban J connectivity index is 1.76. The van der Waals surface area contributed by atoms with Gasteiger partial charge in [0.15, 0.2) is 6.08 Å². The lowest BCUT2D eigenvalue weighted by molar-refractivity contribution is -0.302. The summed E-state index contributed by atoms with van der Waals surface area (Å²) >= 11 is 1.61. The van der Waals surface area contributed by atoms with Crippen molar-refractivity contribution in [2.75, 3.05) is 40.1 Å². The van der Waals surface area contributed by atoms with Crippen LogP contribution in [0.4, 0.5) is 0 Å². The minimum atomic E-state index is -2.51. The van der Waals surface area contributed by atoms with Crippen molar-refractivity contribution in [3.8, 4) is 0 Å². The molecule has 2 saturated heterocycles. The molecule has 1 saturated carbocycles. The molecule has 2 N–H and O–H groups in total. The second-order valence-corrected chi connectivity index (χ2v) is 18.6. The van der Waals surface area contributed by atoms with E-state index in [0.29, 0.717) is 43.6 Å². The van der Waals surface area contributed by atoms with Gasteiger partial charge in [-0.2, -0.15) is 0 Å². The van der Waals surface area contributed by atoms with Crippen molar-refractivity contribution in [3.63, 3.8) is 0 Å². The van der Waals surface area contributed by atoms with E-state index in [4.69, 9.17) is 35.0 Å². The molecule has 1 amide bonds. The zero-order chi connectivity index (χ0) is 44.3. The van der Waals surface area contributed by atoms with Gasteiger partial charge in [0.1, 0.15) is 24.0 Å². The highest BCUT2D eigenvalue weighted by Crippen LogP contribution is 2.39. The number of carbonyl (C=O) groups is 4. The molecule has 14 atom stereocenters. The Morgan fingerprint density at radius 2 is 1.65 bits per heavy atom. The van der Waals surface area contributed by atoms with Crippen molar-refractivity contribution in [3.05, 3.63) is 36.0 Å². The minimum Gasteiger partial charge on any atom is -0.456 e. The number of methoxy groups -OCH3 is 3. The van der Waals surface area contributed by atoms with E-state index in [1.807, 2.05) is 33.1 Å². The second-order valence-electron chi connectivity index (χ2n) is 17.8. The van der Waals surface area contributed by atoms with Gasteiger partial charge in [0.2, 0.25) is 12.4 Å². The molecule has 2 bridgehead atoms. The SMILES string of the molecule is [CH+]=CC[C@@H]1/C=C(\C)C[C@H](C)C[C@H](OC)[C@H]2O[C@@](O)(C(=O)C(=O)N3CCCC[C@H]3C(=O)O[C@H](/C(C)=C/[C@@H]3CC[C@@H](OCSC)[C@H](OC)C3)[C@H](C)[C@@H](O)CC1=O)[C@H](C)C[C@@H]2OC. The standard InChI is InChI=1S/C46H72NO12S/c1-11-14-33-20-27(2)19-28(3)21-39(55-8)42-40(56-9)23-30(5)46(53,59-42)43(50)44(51)47-18-13-12-15-34(47)45(52)58-41(31(6)35(48)25-36(33)49)29(4)22-32-16-17-37(57-26-60-10)38(24-32)54-7/h1,11,20,22,28,30-35,37-42,48,53H,12-19,21,23-26H2,2-10H3/q+1/b27-20+,29-22+/t28-,30+,31+,32-,33+,34-,35-,37+,38+,39-,40-,41+,42+,46+/m0/s1. The Bertz CT molecular complexity index is 1540. The van der Waals surface area contributed by atoms with Crippen molar-refractivity contribution >= 4 is 35.2 Å². The average Bonchev–Trinajstić information content (AvgIpc) is 3.23. The molecule has 60 heavy (non-hydrogen) atoms. The number of cyclic esters (lactones) is 1. The van der Waals surface area contributed by atoms with Crippen LogP contribution in [0, 0.1) is 36.2 Å². The number of amides is 1. The smallest absolute Gasteiger partial charge is 0.329 e. The van der Waals surface area contributed by atoms with Crippen LogP contribution in [-0.2, 0) is 47.6 Å². The van der Waals surface area contributed by atoms with Crippen LogP contribution < -0.4 is 0 Å². The average molecular weight is 863 g/mol. The van der Waals surface area contributed by atoms with E-state index >= 15 is 0 Å². The van der Waals surface area contributed by atoms with E-state index in [1.165, 1.54) is 25.2 Å². The number of Topliss-reactive ketones (excluding diaryl/α,β-unsaturated/α-hetero) is 2. The molecule has 14 heteroatoms. The van der Waals surface area contributed by atoms with Gasteiger partial charge in [-0.25, -0.2) is 4.79 Å². The third-order valence-electron chi connectivity index (χ3n) is 13.2. The van der Waals surface area contributed by atoms with Crippen LogP contribution in [0.15, 0.2) is 29.4 Å². The number of nitrogens with zero attached hydrogens (tertiary/aromatic N) is 1. The zero-order valence-corrected chi connectivity index (χ0v) is 38.2. The van der Waals surface area contributed by atoms with Gasteiger partial charge in [0.05, 0.1) is 36.5 Å². The number of ether oxygens (including phenoxy) is 6. The maximum Gasteiger partial charge on any atom is 0.329 e. The van der Waals surface area contributed by atoms with Gasteiger partial charge in [-0.15, -0.1) is 11.8 Å². The van der Waals surface area contributed by atoms with E-state index < -0.39 is 77.8 Å². The van der Waals surface area contributed by atoms with Gasteiger partial charge in [-0.05, 0) is 95.3 Å². The molecule has 0 aromatic heterocycles. The first-order valence-corrected chi connectivity index (χ1v) is 23.2. The van der Waals surface area contributed by atoms with Crippen LogP contribution in [0.25, 0.3) is 0 Å². The van der Waals surface area contributed by atoms with Crippen molar-refractivity contribution < 1.29 is 57.8 Å². The first-order chi connectivity index (χ1) is 28.5. The number of aliphatic hydroxyl groups excluding tert-OH is 1. The zero-order valence-electron chi connectivity index (χ0n) is 37.3. The summed E-state index contributed by atoms with van der Waals surface area (Å²) in [7, 11) is 4.73. The lowest BCUT2D eigenvalue weighted by Gasteiger charge is -2.47. The quantitative estimate of drug-likeness (QED) is 0.0893. The number of ketones is 2. The van der Waals surface area contributed by atoms with E-state index in [2.05, 4.69) is 6.08 Å². The summed E-state index contributed by atoms with van der Waals surface area (Å²) in [6.07, 6.45) is 7.89. The summed E-state index contributed by atoms with van der Waals surface area (Å²) in [6, 6.07) is -1.14. The van der Waals surface area contributed by atoms with Crippen LogP contribution >= 0.6 is 11.8 Å². The molecule has 3 aliphatic heterocycles. The van der Waals surface area contributed by atoms with E-state index in [-0.39, 0.29) is 62.1 Å². The molecular weight excluding hydrogens is 791 g/mol. The van der Waals surface area contributed by atoms with Crippen LogP contribution in [0.3, 0.4) is 0 Å². The Kier molecular flexibility index (Phi) is 19.4. The number of hydrogen-bond donors (Lipinski definition) is 2. The number of rotatable bonds is 10. The second kappa shape index (κ2) is 23.2. The Hall–Kier alpha value is -2.52. The number of hydrogen-bond acceptors (Lipinski definition) is 13. The molecule has 0 aromatic carbocycles. The number of aliphatic hydroxyl groups is 2. The van der Waals surface area contributed by atoms with Gasteiger partial charge < -0.3 is 43.5 Å². The molecule has 0 unspecified atom stereocenters. The van der Waals surface area contributed by atoms with Crippen LogP contribution in [0.1, 0.15) is 105 Å². The lowest BCUT2D eigenvalue weighted by Crippen LogP contribution is -2.64. The number of thioether (sulfide) groups is 1. The summed E-state index contributed by atoms with van der Waals surface area (Å²) in [4.78, 5) is 58.1. The monoisotopic (exact) mass is 862 g/mol. The van der Waals surface area contributed by atoms with Crippen molar-refractivity contribution in [2.24, 2.45) is 29.6 Å².